The monoisotopic (exact) mass is 950 g/mol. The number of unbranched alkanes of at least 4 members (excludes halogenated alkanes) is 15. The summed E-state index contributed by atoms with van der Waals surface area (Å²) >= 11 is 0. The number of para-hydroxylation sites is 1. The van der Waals surface area contributed by atoms with Gasteiger partial charge in [-0.1, -0.05) is 121 Å². The van der Waals surface area contributed by atoms with Gasteiger partial charge in [-0.05, 0) is 56.7 Å². The van der Waals surface area contributed by atoms with Gasteiger partial charge < -0.3 is 33.9 Å². The number of non-ortho nitro benzene ring substituents is 1. The van der Waals surface area contributed by atoms with Crippen molar-refractivity contribution in [2.75, 3.05) is 39.3 Å². The van der Waals surface area contributed by atoms with Crippen LogP contribution in [0.2, 0.25) is 0 Å². The highest BCUT2D eigenvalue weighted by molar-refractivity contribution is 7.49. The number of nitrogen functional groups attached to an aromatic ring is 1. The van der Waals surface area contributed by atoms with Crippen LogP contribution in [0.1, 0.15) is 136 Å². The molecule has 0 radical (unpaired) electrons. The summed E-state index contributed by atoms with van der Waals surface area (Å²) in [4.78, 5) is 14.9. The molecule has 1 saturated heterocycles. The number of fused-ring (bicyclic) bond motifs is 1. The zero-order valence-electron chi connectivity index (χ0n) is 39.8. The maximum Gasteiger partial charge on any atom is 0.530 e. The Morgan fingerprint density at radius 1 is 0.910 bits per heavy atom. The minimum absolute atomic E-state index is 0.00565. The van der Waals surface area contributed by atoms with E-state index in [1.54, 1.807) is 38.1 Å². The molecule has 17 nitrogen and oxygen atoms in total. The van der Waals surface area contributed by atoms with Gasteiger partial charge >= 0.3 is 7.82 Å². The second-order valence-electron chi connectivity index (χ2n) is 17.5. The first kappa shape index (κ1) is 53.3. The first-order valence-corrected chi connectivity index (χ1v) is 25.4. The van der Waals surface area contributed by atoms with Crippen LogP contribution in [0.5, 0.6) is 11.5 Å². The topological polar surface area (TPSA) is 214 Å². The molecule has 18 heteroatoms. The van der Waals surface area contributed by atoms with E-state index in [9.17, 15) is 19.9 Å². The average molecular weight is 951 g/mol. The molecule has 1 unspecified atom stereocenters. The maximum atomic E-state index is 14.9. The Hall–Kier alpha value is -4.66. The zero-order chi connectivity index (χ0) is 48.0. The van der Waals surface area contributed by atoms with Gasteiger partial charge in [0, 0.05) is 32.3 Å². The fraction of sp³-hybridized carbons (Fsp3) is 0.612. The maximum absolute atomic E-state index is 14.9. The van der Waals surface area contributed by atoms with E-state index in [0.29, 0.717) is 23.6 Å². The van der Waals surface area contributed by atoms with E-state index in [1.165, 1.54) is 126 Å². The van der Waals surface area contributed by atoms with Crippen molar-refractivity contribution in [3.8, 4) is 17.6 Å². The van der Waals surface area contributed by atoms with Crippen molar-refractivity contribution in [2.45, 2.75) is 160 Å². The van der Waals surface area contributed by atoms with Crippen molar-refractivity contribution in [1.82, 2.24) is 14.6 Å². The molecular formula is C49H71N6O11P. The second kappa shape index (κ2) is 27.4. The molecule has 0 saturated carbocycles. The number of benzene rings is 2. The Labute approximate surface area is 395 Å². The van der Waals surface area contributed by atoms with E-state index in [0.717, 1.165) is 19.3 Å². The molecule has 0 bridgehead atoms. The average Bonchev–Trinajstić information content (AvgIpc) is 3.92. The number of nitrogens with two attached hydrogens (primary N) is 1. The second-order valence-corrected chi connectivity index (χ2v) is 19.1. The molecule has 1 fully saturated rings. The quantitative estimate of drug-likeness (QED) is 0.0152. The predicted octanol–water partition coefficient (Wildman–Crippen LogP) is 11.4. The van der Waals surface area contributed by atoms with E-state index in [2.05, 4.69) is 23.1 Å². The Morgan fingerprint density at radius 3 is 2.13 bits per heavy atom. The molecule has 4 aromatic rings. The number of rotatable bonds is 34. The number of hydrogen-bond acceptors (Lipinski definition) is 15. The van der Waals surface area contributed by atoms with Crippen LogP contribution in [0, 0.1) is 21.4 Å². The van der Waals surface area contributed by atoms with Crippen molar-refractivity contribution in [2.24, 2.45) is 0 Å². The Kier molecular flexibility index (Phi) is 21.8. The fourth-order valence-corrected chi connectivity index (χ4v) is 9.38. The lowest BCUT2D eigenvalue weighted by atomic mass is 9.93. The minimum atomic E-state index is -4.63. The van der Waals surface area contributed by atoms with Gasteiger partial charge in [-0.2, -0.15) is 10.4 Å². The highest BCUT2D eigenvalue weighted by Gasteiger charge is 2.55. The normalized spacial score (nSPS) is 18.7. The van der Waals surface area contributed by atoms with Gasteiger partial charge in [0.15, 0.2) is 11.6 Å². The molecule has 0 amide bonds. The Balaban J connectivity index is 1.22. The first-order valence-electron chi connectivity index (χ1n) is 23.9. The predicted molar refractivity (Wildman–Crippen MR) is 255 cm³/mol. The molecule has 5 rings (SSSR count). The molecule has 0 aliphatic carbocycles. The lowest BCUT2D eigenvalue weighted by Crippen LogP contribution is -2.43. The van der Waals surface area contributed by atoms with E-state index < -0.39 is 49.1 Å². The van der Waals surface area contributed by atoms with Crippen molar-refractivity contribution in [1.29, 1.82) is 5.26 Å². The molecule has 67 heavy (non-hydrogen) atoms. The van der Waals surface area contributed by atoms with Gasteiger partial charge in [0.05, 0.1) is 29.9 Å². The summed E-state index contributed by atoms with van der Waals surface area (Å²) in [5, 5.41) is 26.6. The van der Waals surface area contributed by atoms with Crippen LogP contribution in [0.25, 0.3) is 5.52 Å². The lowest BCUT2D eigenvalue weighted by Gasteiger charge is -2.33. The molecule has 2 aromatic carbocycles. The third-order valence-corrected chi connectivity index (χ3v) is 13.3. The van der Waals surface area contributed by atoms with Crippen molar-refractivity contribution in [3.05, 3.63) is 88.9 Å². The summed E-state index contributed by atoms with van der Waals surface area (Å²) in [6, 6.07) is 19.8. The van der Waals surface area contributed by atoms with Gasteiger partial charge in [-0.15, -0.1) is 0 Å². The number of methoxy groups -OCH3 is 1. The highest BCUT2D eigenvalue weighted by atomic mass is 31.2. The third-order valence-electron chi connectivity index (χ3n) is 11.8. The van der Waals surface area contributed by atoms with Crippen LogP contribution in [-0.4, -0.2) is 77.2 Å². The van der Waals surface area contributed by atoms with Crippen LogP contribution >= 0.6 is 7.82 Å². The molecular weight excluding hydrogens is 880 g/mol. The molecule has 368 valence electrons. The zero-order valence-corrected chi connectivity index (χ0v) is 40.7. The lowest BCUT2D eigenvalue weighted by molar-refractivity contribution is -0.384. The van der Waals surface area contributed by atoms with Gasteiger partial charge in [0.2, 0.25) is 5.60 Å². The van der Waals surface area contributed by atoms with Crippen LogP contribution in [0.3, 0.4) is 0 Å². The summed E-state index contributed by atoms with van der Waals surface area (Å²) in [6.45, 7) is 5.64. The Morgan fingerprint density at radius 2 is 1.54 bits per heavy atom. The Bertz CT molecular complexity index is 2150. The molecule has 2 N–H and O–H groups in total. The smallest absolute Gasteiger partial charge is 0.491 e. The summed E-state index contributed by atoms with van der Waals surface area (Å²) < 4.78 is 65.2. The molecule has 1 aliphatic rings. The molecule has 2 aromatic heterocycles. The van der Waals surface area contributed by atoms with E-state index in [4.69, 9.17) is 43.0 Å². The van der Waals surface area contributed by atoms with Crippen molar-refractivity contribution >= 4 is 24.8 Å². The van der Waals surface area contributed by atoms with Crippen molar-refractivity contribution in [3.63, 3.8) is 0 Å². The number of ether oxygens (including phenoxy) is 5. The number of nitro groups is 1. The number of phosphoric ester groups is 1. The van der Waals surface area contributed by atoms with E-state index in [-0.39, 0.29) is 36.9 Å². The van der Waals surface area contributed by atoms with Gasteiger partial charge in [0.1, 0.15) is 48.2 Å². The largest absolute Gasteiger partial charge is 0.530 e. The number of aromatic nitrogens is 3. The third kappa shape index (κ3) is 16.8. The summed E-state index contributed by atoms with van der Waals surface area (Å²) in [6.07, 6.45) is 18.7. The SMILES string of the molecule is CCCCCCCCCCCCCCCCCCOC[C@H](COc1ccccc1)OP(=O)(OC[C@@H]1C[C@@H](OC(C)(C)OC)[C@](C#N)(c2ccc3c(N)ncnn23)O1)Oc1ccc([N+](=O)[O-])cc1. The standard InChI is InChI=1S/C49H71N6O11P/c1-5-6-7-8-9-10-11-12-13-14-15-16-17-18-19-23-32-60-34-43(35-61-40-24-21-20-22-25-40)66-67(58,65-41-28-26-39(27-29-41)55(56)57)62-36-42-33-46(64-48(2,3)59-4)49(37-50,63-42)45-31-30-44-47(51)52-38-53-54(44)45/h20-22,24-31,38,42-43,46H,5-19,23,32-36H2,1-4H3,(H2,51,52,53)/t42-,43+,46+,49-,67?/m0/s1. The molecule has 1 aliphatic heterocycles. The minimum Gasteiger partial charge on any atom is -0.491 e. The van der Waals surface area contributed by atoms with Crippen LogP contribution in [0.4, 0.5) is 11.5 Å². The number of hydrogen-bond donors (Lipinski definition) is 1. The number of nitrogens with zero attached hydrogens (tertiary/aromatic N) is 5. The first-order chi connectivity index (χ1) is 32.4. The van der Waals surface area contributed by atoms with E-state index >= 15 is 0 Å². The summed E-state index contributed by atoms with van der Waals surface area (Å²) in [5.41, 5.74) is 4.95. The van der Waals surface area contributed by atoms with Crippen LogP contribution in [0.15, 0.2) is 73.1 Å². The number of anilines is 1. The van der Waals surface area contributed by atoms with Crippen molar-refractivity contribution < 1.29 is 46.7 Å². The van der Waals surface area contributed by atoms with Gasteiger partial charge in [-0.25, -0.2) is 14.1 Å². The number of nitro benzene ring substituents is 1. The van der Waals surface area contributed by atoms with Crippen LogP contribution in [-0.2, 0) is 38.2 Å². The summed E-state index contributed by atoms with van der Waals surface area (Å²) in [5.74, 6) is -0.404. The van der Waals surface area contributed by atoms with Crippen LogP contribution < -0.4 is 15.0 Å². The fourth-order valence-electron chi connectivity index (χ4n) is 8.01. The van der Waals surface area contributed by atoms with Gasteiger partial charge in [0.25, 0.3) is 5.69 Å². The summed E-state index contributed by atoms with van der Waals surface area (Å²) in [7, 11) is -3.14. The van der Waals surface area contributed by atoms with E-state index in [1.807, 2.05) is 18.2 Å². The highest BCUT2D eigenvalue weighted by Crippen LogP contribution is 2.52. The number of nitriles is 1. The number of phosphoric acid groups is 1. The van der Waals surface area contributed by atoms with Gasteiger partial charge in [-0.3, -0.25) is 19.2 Å². The molecule has 3 heterocycles. The molecule has 0 spiro atoms. The molecule has 5 atom stereocenters.